The number of nitrogens with zero attached hydrogens (tertiary/aromatic N) is 1. The molecule has 0 bridgehead atoms. The van der Waals surface area contributed by atoms with Crippen LogP contribution in [-0.4, -0.2) is 30.9 Å². The van der Waals surface area contributed by atoms with E-state index < -0.39 is 0 Å². The van der Waals surface area contributed by atoms with E-state index in [1.807, 2.05) is 37.1 Å². The zero-order valence-corrected chi connectivity index (χ0v) is 15.6. The highest BCUT2D eigenvalue weighted by atomic mass is 79.9. The minimum Gasteiger partial charge on any atom is -0.384 e. The summed E-state index contributed by atoms with van der Waals surface area (Å²) in [6.45, 7) is 4.10. The van der Waals surface area contributed by atoms with Gasteiger partial charge in [0, 0.05) is 28.9 Å². The van der Waals surface area contributed by atoms with Crippen molar-refractivity contribution < 1.29 is 4.79 Å². The van der Waals surface area contributed by atoms with Crippen molar-refractivity contribution >= 4 is 33.2 Å². The van der Waals surface area contributed by atoms with E-state index >= 15 is 0 Å². The van der Waals surface area contributed by atoms with E-state index in [2.05, 4.69) is 44.8 Å². The van der Waals surface area contributed by atoms with Gasteiger partial charge in [0.15, 0.2) is 0 Å². The van der Waals surface area contributed by atoms with Gasteiger partial charge in [-0.3, -0.25) is 9.69 Å². The van der Waals surface area contributed by atoms with Gasteiger partial charge < -0.3 is 10.6 Å². The SMILES string of the molecule is Cc1cc(Br)ccc1NC(=O)CN(C)Cc1cccc2c1NCC2. The summed E-state index contributed by atoms with van der Waals surface area (Å²) in [7, 11) is 1.97. The van der Waals surface area contributed by atoms with Crippen LogP contribution >= 0.6 is 15.9 Å². The number of anilines is 2. The fraction of sp³-hybridized carbons (Fsp3) is 0.316. The third kappa shape index (κ3) is 3.97. The number of hydrogen-bond acceptors (Lipinski definition) is 3. The monoisotopic (exact) mass is 387 g/mol. The first-order valence-corrected chi connectivity index (χ1v) is 8.91. The highest BCUT2D eigenvalue weighted by Crippen LogP contribution is 2.27. The third-order valence-electron chi connectivity index (χ3n) is 4.25. The Kier molecular flexibility index (Phi) is 5.21. The number of hydrogen-bond donors (Lipinski definition) is 2. The van der Waals surface area contributed by atoms with Gasteiger partial charge in [0.25, 0.3) is 0 Å². The number of aryl methyl sites for hydroxylation is 1. The molecule has 3 rings (SSSR count). The van der Waals surface area contributed by atoms with Crippen LogP contribution in [0, 0.1) is 6.92 Å². The molecule has 1 aliphatic heterocycles. The highest BCUT2D eigenvalue weighted by Gasteiger charge is 2.16. The van der Waals surface area contributed by atoms with Gasteiger partial charge in [0.05, 0.1) is 6.54 Å². The quantitative estimate of drug-likeness (QED) is 0.819. The van der Waals surface area contributed by atoms with Crippen molar-refractivity contribution in [3.05, 3.63) is 57.6 Å². The molecule has 0 spiro atoms. The number of halogens is 1. The summed E-state index contributed by atoms with van der Waals surface area (Å²) in [6, 6.07) is 12.3. The lowest BCUT2D eigenvalue weighted by Crippen LogP contribution is -2.30. The van der Waals surface area contributed by atoms with Crippen LogP contribution < -0.4 is 10.6 Å². The van der Waals surface area contributed by atoms with E-state index in [0.29, 0.717) is 6.54 Å². The summed E-state index contributed by atoms with van der Waals surface area (Å²) in [5, 5.41) is 6.44. The van der Waals surface area contributed by atoms with Crippen molar-refractivity contribution in [3.8, 4) is 0 Å². The summed E-state index contributed by atoms with van der Waals surface area (Å²) in [5.74, 6) is 0.00320. The molecule has 126 valence electrons. The molecule has 0 aliphatic carbocycles. The number of carbonyl (C=O) groups is 1. The maximum absolute atomic E-state index is 12.3. The van der Waals surface area contributed by atoms with Crippen LogP contribution in [0.15, 0.2) is 40.9 Å². The molecular formula is C19H22BrN3O. The van der Waals surface area contributed by atoms with Gasteiger partial charge in [0.1, 0.15) is 0 Å². The average molecular weight is 388 g/mol. The number of carbonyl (C=O) groups excluding carboxylic acids is 1. The Balaban J connectivity index is 1.60. The zero-order valence-electron chi connectivity index (χ0n) is 14.0. The second kappa shape index (κ2) is 7.36. The van der Waals surface area contributed by atoms with Crippen LogP contribution in [0.4, 0.5) is 11.4 Å². The number of likely N-dealkylation sites (N-methyl/N-ethyl adjacent to an activating group) is 1. The first-order chi connectivity index (χ1) is 11.5. The molecule has 0 saturated carbocycles. The first kappa shape index (κ1) is 17.0. The molecule has 0 fully saturated rings. The Bertz CT molecular complexity index is 760. The van der Waals surface area contributed by atoms with Crippen LogP contribution in [0.2, 0.25) is 0 Å². The van der Waals surface area contributed by atoms with Gasteiger partial charge >= 0.3 is 0 Å². The van der Waals surface area contributed by atoms with Gasteiger partial charge in [-0.05, 0) is 55.3 Å². The Morgan fingerprint density at radius 3 is 2.96 bits per heavy atom. The van der Waals surface area contributed by atoms with Crippen molar-refractivity contribution in [2.75, 3.05) is 30.8 Å². The lowest BCUT2D eigenvalue weighted by Gasteiger charge is -2.19. The summed E-state index contributed by atoms with van der Waals surface area (Å²) in [5.41, 5.74) is 5.77. The minimum atomic E-state index is 0.00320. The van der Waals surface area contributed by atoms with E-state index in [1.165, 1.54) is 16.8 Å². The number of rotatable bonds is 5. The molecule has 24 heavy (non-hydrogen) atoms. The van der Waals surface area contributed by atoms with Crippen LogP contribution in [0.3, 0.4) is 0 Å². The molecule has 5 heteroatoms. The predicted octanol–water partition coefficient (Wildman–Crippen LogP) is 3.80. The van der Waals surface area contributed by atoms with Crippen molar-refractivity contribution in [2.45, 2.75) is 19.9 Å². The van der Waals surface area contributed by atoms with Crippen molar-refractivity contribution in [1.29, 1.82) is 0 Å². The summed E-state index contributed by atoms with van der Waals surface area (Å²) in [6.07, 6.45) is 1.08. The molecule has 2 aromatic rings. The molecule has 0 saturated heterocycles. The number of fused-ring (bicyclic) bond motifs is 1. The first-order valence-electron chi connectivity index (χ1n) is 8.12. The Morgan fingerprint density at radius 1 is 1.33 bits per heavy atom. The molecule has 0 aromatic heterocycles. The molecule has 1 heterocycles. The van der Waals surface area contributed by atoms with Crippen molar-refractivity contribution in [3.63, 3.8) is 0 Å². The average Bonchev–Trinajstić information content (AvgIpc) is 2.99. The molecule has 4 nitrogen and oxygen atoms in total. The lowest BCUT2D eigenvalue weighted by atomic mass is 10.1. The molecule has 0 radical (unpaired) electrons. The lowest BCUT2D eigenvalue weighted by molar-refractivity contribution is -0.117. The van der Waals surface area contributed by atoms with Crippen LogP contribution in [0.25, 0.3) is 0 Å². The maximum Gasteiger partial charge on any atom is 0.238 e. The van der Waals surface area contributed by atoms with E-state index in [9.17, 15) is 4.79 Å². The van der Waals surface area contributed by atoms with Crippen molar-refractivity contribution in [1.82, 2.24) is 4.90 Å². The molecule has 1 aliphatic rings. The molecule has 1 amide bonds. The number of para-hydroxylation sites is 1. The third-order valence-corrected chi connectivity index (χ3v) is 4.74. The summed E-state index contributed by atoms with van der Waals surface area (Å²) >= 11 is 3.44. The highest BCUT2D eigenvalue weighted by molar-refractivity contribution is 9.10. The Hall–Kier alpha value is -1.85. The molecular weight excluding hydrogens is 366 g/mol. The minimum absolute atomic E-state index is 0.00320. The number of amides is 1. The Morgan fingerprint density at radius 2 is 2.17 bits per heavy atom. The topological polar surface area (TPSA) is 44.4 Å². The van der Waals surface area contributed by atoms with E-state index in [1.54, 1.807) is 0 Å². The molecule has 0 unspecified atom stereocenters. The van der Waals surface area contributed by atoms with Gasteiger partial charge in [-0.1, -0.05) is 34.1 Å². The van der Waals surface area contributed by atoms with Gasteiger partial charge in [0.2, 0.25) is 5.91 Å². The predicted molar refractivity (Wildman–Crippen MR) is 102 cm³/mol. The summed E-state index contributed by atoms with van der Waals surface area (Å²) in [4.78, 5) is 14.3. The standard InChI is InChI=1S/C19H22BrN3O/c1-13-10-16(20)6-7-17(13)22-18(24)12-23(2)11-15-5-3-4-14-8-9-21-19(14)15/h3-7,10,21H,8-9,11-12H2,1-2H3,(H,22,24). The second-order valence-corrected chi connectivity index (χ2v) is 7.22. The largest absolute Gasteiger partial charge is 0.384 e. The van der Waals surface area contributed by atoms with Crippen LogP contribution in [0.1, 0.15) is 16.7 Å². The number of nitrogens with one attached hydrogen (secondary N) is 2. The van der Waals surface area contributed by atoms with Gasteiger partial charge in [-0.2, -0.15) is 0 Å². The Labute approximate surface area is 151 Å². The zero-order chi connectivity index (χ0) is 17.1. The second-order valence-electron chi connectivity index (χ2n) is 6.31. The van der Waals surface area contributed by atoms with Gasteiger partial charge in [-0.25, -0.2) is 0 Å². The molecule has 2 N–H and O–H groups in total. The molecule has 2 aromatic carbocycles. The van der Waals surface area contributed by atoms with E-state index in [4.69, 9.17) is 0 Å². The van der Waals surface area contributed by atoms with Crippen LogP contribution in [-0.2, 0) is 17.8 Å². The normalized spacial score (nSPS) is 12.8. The van der Waals surface area contributed by atoms with Crippen LogP contribution in [0.5, 0.6) is 0 Å². The van der Waals surface area contributed by atoms with E-state index in [-0.39, 0.29) is 5.91 Å². The fourth-order valence-corrected chi connectivity index (χ4v) is 3.57. The van der Waals surface area contributed by atoms with Crippen molar-refractivity contribution in [2.24, 2.45) is 0 Å². The molecule has 0 atom stereocenters. The van der Waals surface area contributed by atoms with E-state index in [0.717, 1.165) is 35.2 Å². The smallest absolute Gasteiger partial charge is 0.238 e. The maximum atomic E-state index is 12.3. The fourth-order valence-electron chi connectivity index (χ4n) is 3.09. The summed E-state index contributed by atoms with van der Waals surface area (Å²) < 4.78 is 1.01. The number of benzene rings is 2. The van der Waals surface area contributed by atoms with Gasteiger partial charge in [-0.15, -0.1) is 0 Å².